The van der Waals surface area contributed by atoms with Crippen molar-refractivity contribution in [1.82, 2.24) is 4.98 Å². The third-order valence-corrected chi connectivity index (χ3v) is 7.50. The van der Waals surface area contributed by atoms with Crippen molar-refractivity contribution < 1.29 is 47.9 Å². The van der Waals surface area contributed by atoms with Crippen LogP contribution in [0.25, 0.3) is 11.0 Å². The number of carbonyl (C=O) groups is 2. The maximum absolute atomic E-state index is 13.0. The van der Waals surface area contributed by atoms with Gasteiger partial charge in [-0.05, 0) is 63.2 Å². The van der Waals surface area contributed by atoms with Crippen LogP contribution in [0.4, 0.5) is 10.5 Å². The number of rotatable bonds is 8. The number of nitrogens with one attached hydrogen (secondary N) is 1. The second-order valence-corrected chi connectivity index (χ2v) is 11.2. The first-order valence-electron chi connectivity index (χ1n) is 13.8. The number of anilines is 1. The Morgan fingerprint density at radius 2 is 1.83 bits per heavy atom. The molecule has 5 N–H and O–H groups in total. The lowest BCUT2D eigenvalue weighted by molar-refractivity contribution is -0.304. The van der Waals surface area contributed by atoms with Gasteiger partial charge in [0.25, 0.3) is 5.91 Å². The van der Waals surface area contributed by atoms with E-state index in [1.54, 1.807) is 45.0 Å². The van der Waals surface area contributed by atoms with Gasteiger partial charge in [0.15, 0.2) is 23.6 Å². The number of hydrogen-bond donors (Lipinski definition) is 4. The standard InChI is InChI=1S/C31H30ClN3O11/c1-14-19(43-29-23(37)25(45-30(33)40)26(41-4)31(2,3)46-29)13-12-17-22(36)21(28(39)44-24(14)17)35-27(38)18-6-5-7-20(34-18)42-16-10-8-15(32)9-11-16/h5-13,23,25-26,29,36-37H,1-4H3,(H2,33,40)(H,35,38)/t23-,25+,26-,29-/m1/s1. The molecule has 5 rings (SSSR count). The molecule has 3 heterocycles. The van der Waals surface area contributed by atoms with Crippen molar-refractivity contribution in [3.8, 4) is 23.1 Å². The number of primary amides is 1. The Morgan fingerprint density at radius 1 is 1.11 bits per heavy atom. The van der Waals surface area contributed by atoms with Crippen LogP contribution in [-0.4, -0.2) is 64.5 Å². The van der Waals surface area contributed by atoms with Crippen LogP contribution in [0, 0.1) is 6.92 Å². The molecule has 46 heavy (non-hydrogen) atoms. The Balaban J connectivity index is 1.39. The van der Waals surface area contributed by atoms with Crippen molar-refractivity contribution in [2.75, 3.05) is 12.4 Å². The van der Waals surface area contributed by atoms with Crippen molar-refractivity contribution in [2.24, 2.45) is 5.73 Å². The van der Waals surface area contributed by atoms with Gasteiger partial charge in [0.2, 0.25) is 12.2 Å². The summed E-state index contributed by atoms with van der Waals surface area (Å²) in [6.07, 6.45) is -6.14. The van der Waals surface area contributed by atoms with Gasteiger partial charge in [-0.25, -0.2) is 14.6 Å². The molecule has 0 spiro atoms. The van der Waals surface area contributed by atoms with Crippen molar-refractivity contribution in [3.05, 3.63) is 81.3 Å². The predicted molar refractivity (Wildman–Crippen MR) is 163 cm³/mol. The highest BCUT2D eigenvalue weighted by Crippen LogP contribution is 2.38. The topological polar surface area (TPSA) is 202 Å². The van der Waals surface area contributed by atoms with E-state index in [2.05, 4.69) is 10.3 Å². The molecule has 2 aromatic carbocycles. The van der Waals surface area contributed by atoms with Gasteiger partial charge in [0.05, 0.1) is 11.0 Å². The summed E-state index contributed by atoms with van der Waals surface area (Å²) in [7, 11) is 1.37. The number of methoxy groups -OCH3 is 1. The number of halogens is 1. The normalized spacial score (nSPS) is 20.6. The van der Waals surface area contributed by atoms with Crippen LogP contribution >= 0.6 is 11.6 Å². The first kappa shape index (κ1) is 32.5. The van der Waals surface area contributed by atoms with Crippen LogP contribution in [0.1, 0.15) is 29.9 Å². The molecule has 0 radical (unpaired) electrons. The second-order valence-electron chi connectivity index (χ2n) is 10.8. The van der Waals surface area contributed by atoms with Gasteiger partial charge in [0.1, 0.15) is 28.9 Å². The van der Waals surface area contributed by atoms with Crippen LogP contribution in [0.15, 0.2) is 63.8 Å². The third kappa shape index (κ3) is 6.55. The van der Waals surface area contributed by atoms with Gasteiger partial charge in [-0.2, -0.15) is 0 Å². The molecular formula is C31H30ClN3O11. The molecule has 4 atom stereocenters. The van der Waals surface area contributed by atoms with E-state index in [1.807, 2.05) is 0 Å². The highest BCUT2D eigenvalue weighted by molar-refractivity contribution is 6.30. The van der Waals surface area contributed by atoms with Gasteiger partial charge in [-0.1, -0.05) is 17.7 Å². The number of aliphatic hydroxyl groups excluding tert-OH is 1. The Kier molecular flexibility index (Phi) is 9.08. The Bertz CT molecular complexity index is 1840. The fourth-order valence-electron chi connectivity index (χ4n) is 5.07. The summed E-state index contributed by atoms with van der Waals surface area (Å²) in [4.78, 5) is 41.7. The SMILES string of the molecule is CO[C@@H]1[C@@H](OC(N)=O)[C@@H](O)[C@H](Oc2ccc3c(O)c(NC(=O)c4cccc(Oc5ccc(Cl)cc5)n4)c(=O)oc3c2C)OC1(C)C. The zero-order valence-corrected chi connectivity index (χ0v) is 25.7. The number of nitrogens with zero attached hydrogens (tertiary/aromatic N) is 1. The first-order valence-corrected chi connectivity index (χ1v) is 14.2. The molecule has 1 aliphatic heterocycles. The van der Waals surface area contributed by atoms with Gasteiger partial charge < -0.3 is 49.4 Å². The number of aromatic nitrogens is 1. The molecule has 2 amide bonds. The average Bonchev–Trinajstić information content (AvgIpc) is 3.00. The van der Waals surface area contributed by atoms with Crippen LogP contribution in [-0.2, 0) is 14.2 Å². The number of benzene rings is 2. The fourth-order valence-corrected chi connectivity index (χ4v) is 5.20. The summed E-state index contributed by atoms with van der Waals surface area (Å²) in [5.74, 6) is -0.716. The summed E-state index contributed by atoms with van der Waals surface area (Å²) >= 11 is 5.90. The molecule has 1 fully saturated rings. The molecule has 0 saturated carbocycles. The first-order chi connectivity index (χ1) is 21.8. The number of carbonyl (C=O) groups excluding carboxylic acids is 2. The lowest BCUT2D eigenvalue weighted by Gasteiger charge is -2.47. The van der Waals surface area contributed by atoms with E-state index in [9.17, 15) is 24.6 Å². The molecule has 1 aliphatic rings. The van der Waals surface area contributed by atoms with E-state index in [1.165, 1.54) is 37.4 Å². The molecule has 2 aromatic heterocycles. The van der Waals surface area contributed by atoms with E-state index >= 15 is 0 Å². The molecule has 0 bridgehead atoms. The summed E-state index contributed by atoms with van der Waals surface area (Å²) in [5, 5.41) is 24.9. The smallest absolute Gasteiger partial charge is 0.404 e. The number of nitrogens with two attached hydrogens (primary N) is 1. The van der Waals surface area contributed by atoms with Gasteiger partial charge >= 0.3 is 11.7 Å². The average molecular weight is 656 g/mol. The van der Waals surface area contributed by atoms with Crippen LogP contribution in [0.5, 0.6) is 23.1 Å². The number of aliphatic hydroxyl groups is 1. The van der Waals surface area contributed by atoms with Crippen LogP contribution in [0.3, 0.4) is 0 Å². The van der Waals surface area contributed by atoms with Crippen molar-refractivity contribution >= 4 is 40.3 Å². The lowest BCUT2D eigenvalue weighted by Crippen LogP contribution is -2.65. The number of hydrogen-bond acceptors (Lipinski definition) is 12. The zero-order valence-electron chi connectivity index (χ0n) is 25.0. The van der Waals surface area contributed by atoms with Gasteiger partial charge in [0, 0.05) is 23.8 Å². The van der Waals surface area contributed by atoms with Gasteiger partial charge in [-0.3, -0.25) is 4.79 Å². The minimum Gasteiger partial charge on any atom is -0.505 e. The molecule has 0 unspecified atom stereocenters. The summed E-state index contributed by atoms with van der Waals surface area (Å²) in [5.41, 5.74) is 2.63. The highest BCUT2D eigenvalue weighted by Gasteiger charge is 2.53. The molecule has 14 nitrogen and oxygen atoms in total. The fraction of sp³-hybridized carbons (Fsp3) is 0.290. The van der Waals surface area contributed by atoms with Crippen molar-refractivity contribution in [3.63, 3.8) is 0 Å². The maximum Gasteiger partial charge on any atom is 0.404 e. The van der Waals surface area contributed by atoms with Crippen molar-refractivity contribution in [2.45, 2.75) is 51.0 Å². The predicted octanol–water partition coefficient (Wildman–Crippen LogP) is 4.25. The van der Waals surface area contributed by atoms with E-state index < -0.39 is 59.3 Å². The number of aromatic hydroxyl groups is 1. The number of fused-ring (bicyclic) bond motifs is 1. The summed E-state index contributed by atoms with van der Waals surface area (Å²) in [6.45, 7) is 4.85. The van der Waals surface area contributed by atoms with Crippen LogP contribution < -0.4 is 26.1 Å². The Labute approximate surface area is 266 Å². The Morgan fingerprint density at radius 3 is 2.50 bits per heavy atom. The quantitative estimate of drug-likeness (QED) is 0.197. The highest BCUT2D eigenvalue weighted by atomic mass is 35.5. The van der Waals surface area contributed by atoms with Crippen LogP contribution in [0.2, 0.25) is 5.02 Å². The van der Waals surface area contributed by atoms with E-state index in [0.29, 0.717) is 10.8 Å². The third-order valence-electron chi connectivity index (χ3n) is 7.25. The summed E-state index contributed by atoms with van der Waals surface area (Å²) in [6, 6.07) is 13.8. The molecule has 4 aromatic rings. The van der Waals surface area contributed by atoms with E-state index in [4.69, 9.17) is 45.4 Å². The zero-order chi connectivity index (χ0) is 33.3. The van der Waals surface area contributed by atoms with Crippen molar-refractivity contribution in [1.29, 1.82) is 0 Å². The number of aryl methyl sites for hydroxylation is 1. The second kappa shape index (κ2) is 12.8. The van der Waals surface area contributed by atoms with E-state index in [0.717, 1.165) is 0 Å². The Hall–Kier alpha value is -4.89. The minimum absolute atomic E-state index is 0.0567. The monoisotopic (exact) mass is 655 g/mol. The molecule has 1 saturated heterocycles. The number of pyridine rings is 1. The van der Waals surface area contributed by atoms with Gasteiger partial charge in [-0.15, -0.1) is 0 Å². The molecule has 15 heteroatoms. The molecule has 242 valence electrons. The number of amides is 2. The molecule has 0 aliphatic carbocycles. The molecular weight excluding hydrogens is 626 g/mol. The minimum atomic E-state index is -1.53. The summed E-state index contributed by atoms with van der Waals surface area (Å²) < 4.78 is 33.5. The maximum atomic E-state index is 13.0. The lowest BCUT2D eigenvalue weighted by atomic mass is 9.89. The number of ether oxygens (including phenoxy) is 5. The largest absolute Gasteiger partial charge is 0.505 e. The van der Waals surface area contributed by atoms with E-state index in [-0.39, 0.29) is 33.9 Å².